The standard InChI is InChI=1S/C14H19N3O2S2/c1-4-13-15-14(17-16-13)9-20-10(2)11-5-7-12(8-6-11)21(3,18)19/h5-8,10H,4,9H2,1-3H3,(H,15,16,17). The van der Waals surface area contributed by atoms with Crippen molar-refractivity contribution in [3.8, 4) is 0 Å². The molecule has 1 aromatic heterocycles. The Hall–Kier alpha value is -1.34. The summed E-state index contributed by atoms with van der Waals surface area (Å²) < 4.78 is 22.9. The number of aryl methyl sites for hydroxylation is 1. The van der Waals surface area contributed by atoms with Gasteiger partial charge in [-0.05, 0) is 24.6 Å². The molecule has 1 atom stereocenters. The Morgan fingerprint density at radius 3 is 2.48 bits per heavy atom. The topological polar surface area (TPSA) is 75.7 Å². The summed E-state index contributed by atoms with van der Waals surface area (Å²) in [6, 6.07) is 7.05. The Bertz CT molecular complexity index is 693. The van der Waals surface area contributed by atoms with E-state index >= 15 is 0 Å². The number of hydrogen-bond donors (Lipinski definition) is 1. The van der Waals surface area contributed by atoms with Crippen LogP contribution >= 0.6 is 11.8 Å². The number of thioether (sulfide) groups is 1. The molecule has 0 spiro atoms. The van der Waals surface area contributed by atoms with Gasteiger partial charge in [-0.25, -0.2) is 13.4 Å². The molecular formula is C14H19N3O2S2. The van der Waals surface area contributed by atoms with Crippen LogP contribution < -0.4 is 0 Å². The molecule has 1 heterocycles. The predicted molar refractivity (Wildman–Crippen MR) is 85.0 cm³/mol. The third kappa shape index (κ3) is 4.31. The van der Waals surface area contributed by atoms with E-state index in [0.717, 1.165) is 29.4 Å². The van der Waals surface area contributed by atoms with Crippen LogP contribution in [0, 0.1) is 0 Å². The van der Waals surface area contributed by atoms with E-state index in [1.165, 1.54) is 6.26 Å². The number of benzene rings is 1. The molecule has 0 bridgehead atoms. The maximum atomic E-state index is 11.4. The maximum Gasteiger partial charge on any atom is 0.175 e. The zero-order valence-corrected chi connectivity index (χ0v) is 14.0. The van der Waals surface area contributed by atoms with Gasteiger partial charge in [-0.1, -0.05) is 19.1 Å². The van der Waals surface area contributed by atoms with E-state index in [1.54, 1.807) is 23.9 Å². The predicted octanol–water partition coefficient (Wildman–Crippen LogP) is 2.77. The van der Waals surface area contributed by atoms with Gasteiger partial charge in [0, 0.05) is 17.9 Å². The summed E-state index contributed by atoms with van der Waals surface area (Å²) >= 11 is 1.74. The van der Waals surface area contributed by atoms with Gasteiger partial charge in [-0.15, -0.1) is 11.8 Å². The largest absolute Gasteiger partial charge is 0.262 e. The van der Waals surface area contributed by atoms with Gasteiger partial charge < -0.3 is 0 Å². The average Bonchev–Trinajstić information content (AvgIpc) is 2.92. The van der Waals surface area contributed by atoms with Gasteiger partial charge >= 0.3 is 0 Å². The smallest absolute Gasteiger partial charge is 0.175 e. The molecule has 1 aromatic carbocycles. The van der Waals surface area contributed by atoms with E-state index in [2.05, 4.69) is 22.1 Å². The summed E-state index contributed by atoms with van der Waals surface area (Å²) in [7, 11) is -3.13. The third-order valence-corrected chi connectivity index (χ3v) is 5.48. The summed E-state index contributed by atoms with van der Waals surface area (Å²) in [4.78, 5) is 4.73. The lowest BCUT2D eigenvalue weighted by atomic mass is 10.2. The van der Waals surface area contributed by atoms with Crippen LogP contribution in [0.5, 0.6) is 0 Å². The summed E-state index contributed by atoms with van der Waals surface area (Å²) in [5.41, 5.74) is 1.10. The Balaban J connectivity index is 1.98. The van der Waals surface area contributed by atoms with Crippen molar-refractivity contribution >= 4 is 21.6 Å². The lowest BCUT2D eigenvalue weighted by Crippen LogP contribution is -1.98. The highest BCUT2D eigenvalue weighted by Crippen LogP contribution is 2.30. The van der Waals surface area contributed by atoms with Crippen molar-refractivity contribution in [3.63, 3.8) is 0 Å². The second kappa shape index (κ2) is 6.62. The first-order chi connectivity index (χ1) is 9.90. The molecule has 2 rings (SSSR count). The van der Waals surface area contributed by atoms with Crippen LogP contribution in [0.3, 0.4) is 0 Å². The van der Waals surface area contributed by atoms with Crippen molar-refractivity contribution in [2.75, 3.05) is 6.26 Å². The summed E-state index contributed by atoms with van der Waals surface area (Å²) in [6.45, 7) is 4.11. The molecule has 0 aliphatic carbocycles. The molecule has 1 unspecified atom stereocenters. The average molecular weight is 325 g/mol. The van der Waals surface area contributed by atoms with Gasteiger partial charge in [0.1, 0.15) is 11.6 Å². The number of hydrogen-bond acceptors (Lipinski definition) is 5. The highest BCUT2D eigenvalue weighted by Gasteiger charge is 2.11. The molecule has 7 heteroatoms. The van der Waals surface area contributed by atoms with Gasteiger partial charge in [0.15, 0.2) is 9.84 Å². The van der Waals surface area contributed by atoms with Crippen molar-refractivity contribution in [2.45, 2.75) is 36.2 Å². The van der Waals surface area contributed by atoms with Gasteiger partial charge in [-0.2, -0.15) is 5.10 Å². The number of aromatic amines is 1. The Kier molecular flexibility index (Phi) is 5.05. The lowest BCUT2D eigenvalue weighted by Gasteiger charge is -2.11. The number of aromatic nitrogens is 3. The van der Waals surface area contributed by atoms with E-state index < -0.39 is 9.84 Å². The van der Waals surface area contributed by atoms with Crippen LogP contribution in [0.4, 0.5) is 0 Å². The van der Waals surface area contributed by atoms with E-state index in [-0.39, 0.29) is 5.25 Å². The summed E-state index contributed by atoms with van der Waals surface area (Å²) in [6.07, 6.45) is 2.04. The first kappa shape index (κ1) is 16.0. The van der Waals surface area contributed by atoms with Gasteiger partial charge in [-0.3, -0.25) is 5.10 Å². The van der Waals surface area contributed by atoms with Crippen molar-refractivity contribution in [1.29, 1.82) is 0 Å². The number of rotatable bonds is 6. The first-order valence-electron chi connectivity index (χ1n) is 6.72. The van der Waals surface area contributed by atoms with Crippen molar-refractivity contribution in [2.24, 2.45) is 0 Å². The van der Waals surface area contributed by atoms with Crippen molar-refractivity contribution in [1.82, 2.24) is 15.2 Å². The lowest BCUT2D eigenvalue weighted by molar-refractivity contribution is 0.602. The van der Waals surface area contributed by atoms with Gasteiger partial charge in [0.05, 0.1) is 10.6 Å². The second-order valence-corrected chi connectivity index (χ2v) is 8.19. The fraction of sp³-hybridized carbons (Fsp3) is 0.429. The molecule has 0 saturated heterocycles. The van der Waals surface area contributed by atoms with Crippen molar-refractivity contribution in [3.05, 3.63) is 41.5 Å². The van der Waals surface area contributed by atoms with Gasteiger partial charge in [0.25, 0.3) is 0 Å². The Morgan fingerprint density at radius 2 is 1.95 bits per heavy atom. The molecule has 0 fully saturated rings. The van der Waals surface area contributed by atoms with Crippen LogP contribution in [0.25, 0.3) is 0 Å². The number of H-pyrrole nitrogens is 1. The highest BCUT2D eigenvalue weighted by molar-refractivity contribution is 7.98. The van der Waals surface area contributed by atoms with E-state index in [9.17, 15) is 8.42 Å². The van der Waals surface area contributed by atoms with Crippen LogP contribution in [0.2, 0.25) is 0 Å². The van der Waals surface area contributed by atoms with E-state index in [1.807, 2.05) is 19.1 Å². The van der Waals surface area contributed by atoms with Gasteiger partial charge in [0.2, 0.25) is 0 Å². The molecule has 0 saturated carbocycles. The Morgan fingerprint density at radius 1 is 1.29 bits per heavy atom. The minimum Gasteiger partial charge on any atom is -0.262 e. The second-order valence-electron chi connectivity index (χ2n) is 4.85. The number of nitrogens with zero attached hydrogens (tertiary/aromatic N) is 2. The molecule has 0 aliphatic heterocycles. The number of nitrogens with one attached hydrogen (secondary N) is 1. The molecule has 1 N–H and O–H groups in total. The molecule has 0 radical (unpaired) electrons. The minimum atomic E-state index is -3.13. The van der Waals surface area contributed by atoms with E-state index in [0.29, 0.717) is 4.90 Å². The zero-order chi connectivity index (χ0) is 15.5. The fourth-order valence-electron chi connectivity index (χ4n) is 1.84. The normalized spacial score (nSPS) is 13.3. The third-order valence-electron chi connectivity index (χ3n) is 3.14. The summed E-state index contributed by atoms with van der Waals surface area (Å²) in [5, 5.41) is 7.30. The zero-order valence-electron chi connectivity index (χ0n) is 12.3. The maximum absolute atomic E-state index is 11.4. The molecule has 0 amide bonds. The van der Waals surface area contributed by atoms with Crippen molar-refractivity contribution < 1.29 is 8.42 Å². The summed E-state index contributed by atoms with van der Waals surface area (Å²) in [5.74, 6) is 2.45. The first-order valence-corrected chi connectivity index (χ1v) is 9.66. The molecule has 0 aliphatic rings. The van der Waals surface area contributed by atoms with Crippen LogP contribution in [0.15, 0.2) is 29.2 Å². The van der Waals surface area contributed by atoms with Crippen LogP contribution in [-0.2, 0) is 22.0 Å². The molecular weight excluding hydrogens is 306 g/mol. The minimum absolute atomic E-state index is 0.258. The monoisotopic (exact) mass is 325 g/mol. The fourth-order valence-corrected chi connectivity index (χ4v) is 3.36. The molecule has 114 valence electrons. The van der Waals surface area contributed by atoms with Crippen LogP contribution in [-0.4, -0.2) is 29.9 Å². The van der Waals surface area contributed by atoms with E-state index in [4.69, 9.17) is 0 Å². The Labute approximate surface area is 129 Å². The SMILES string of the molecule is CCc1n[nH]c(CSC(C)c2ccc(S(C)(=O)=O)cc2)n1. The molecule has 2 aromatic rings. The quantitative estimate of drug-likeness (QED) is 0.884. The van der Waals surface area contributed by atoms with Crippen LogP contribution in [0.1, 0.15) is 36.3 Å². The highest BCUT2D eigenvalue weighted by atomic mass is 32.2. The molecule has 21 heavy (non-hydrogen) atoms. The molecule has 5 nitrogen and oxygen atoms in total. The number of sulfone groups is 1.